The van der Waals surface area contributed by atoms with Crippen molar-refractivity contribution in [2.45, 2.75) is 54.1 Å². The Bertz CT molecular complexity index is 1360. The Labute approximate surface area is 213 Å². The first-order valence-corrected chi connectivity index (χ1v) is 12.6. The SMILES string of the molecule is CCC(C)Oc1ccc(C(=O)Nc2cc3nn(-c4ccc(N(CC)CC)cc4C)nc3cc2C)cc1. The number of nitrogens with zero attached hydrogens (tertiary/aromatic N) is 4. The molecular weight excluding hydrogens is 450 g/mol. The summed E-state index contributed by atoms with van der Waals surface area (Å²) in [5.74, 6) is 0.582. The average Bonchev–Trinajstić information content (AvgIpc) is 3.27. The van der Waals surface area contributed by atoms with E-state index in [4.69, 9.17) is 14.9 Å². The lowest BCUT2D eigenvalue weighted by atomic mass is 10.1. The van der Waals surface area contributed by atoms with Gasteiger partial charge in [-0.1, -0.05) is 6.92 Å². The van der Waals surface area contributed by atoms with E-state index in [1.165, 1.54) is 5.69 Å². The fraction of sp³-hybridized carbons (Fsp3) is 0.345. The van der Waals surface area contributed by atoms with Gasteiger partial charge in [0.25, 0.3) is 5.91 Å². The number of benzene rings is 3. The van der Waals surface area contributed by atoms with Crippen LogP contribution in [0.2, 0.25) is 0 Å². The van der Waals surface area contributed by atoms with Gasteiger partial charge < -0.3 is 15.0 Å². The molecule has 7 nitrogen and oxygen atoms in total. The number of hydrogen-bond donors (Lipinski definition) is 1. The summed E-state index contributed by atoms with van der Waals surface area (Å²) in [6.07, 6.45) is 1.06. The third-order valence-corrected chi connectivity index (χ3v) is 6.53. The van der Waals surface area contributed by atoms with Crippen LogP contribution >= 0.6 is 0 Å². The summed E-state index contributed by atoms with van der Waals surface area (Å²) < 4.78 is 5.81. The van der Waals surface area contributed by atoms with Crippen LogP contribution in [0.3, 0.4) is 0 Å². The molecule has 36 heavy (non-hydrogen) atoms. The molecule has 0 aliphatic heterocycles. The topological polar surface area (TPSA) is 72.3 Å². The molecule has 0 radical (unpaired) electrons. The number of nitrogens with one attached hydrogen (secondary N) is 1. The largest absolute Gasteiger partial charge is 0.491 e. The van der Waals surface area contributed by atoms with Crippen molar-refractivity contribution in [2.24, 2.45) is 0 Å². The van der Waals surface area contributed by atoms with Crippen LogP contribution in [0.25, 0.3) is 16.7 Å². The van der Waals surface area contributed by atoms with E-state index >= 15 is 0 Å². The van der Waals surface area contributed by atoms with Gasteiger partial charge in [-0.3, -0.25) is 4.79 Å². The molecule has 7 heteroatoms. The molecule has 0 saturated heterocycles. The number of carbonyl (C=O) groups excluding carboxylic acids is 1. The van der Waals surface area contributed by atoms with E-state index in [2.05, 4.69) is 56.1 Å². The summed E-state index contributed by atoms with van der Waals surface area (Å²) in [5.41, 5.74) is 6.94. The summed E-state index contributed by atoms with van der Waals surface area (Å²) in [5, 5.41) is 12.4. The zero-order chi connectivity index (χ0) is 25.8. The van der Waals surface area contributed by atoms with Gasteiger partial charge >= 0.3 is 0 Å². The Hall–Kier alpha value is -3.87. The lowest BCUT2D eigenvalue weighted by Crippen LogP contribution is -2.21. The Morgan fingerprint density at radius 3 is 2.22 bits per heavy atom. The number of carbonyl (C=O) groups is 1. The van der Waals surface area contributed by atoms with E-state index in [9.17, 15) is 4.79 Å². The average molecular weight is 486 g/mol. The molecule has 1 heterocycles. The highest BCUT2D eigenvalue weighted by Crippen LogP contribution is 2.25. The molecule has 3 aromatic carbocycles. The Kier molecular flexibility index (Phi) is 7.58. The van der Waals surface area contributed by atoms with Gasteiger partial charge in [-0.15, -0.1) is 10.2 Å². The number of amides is 1. The highest BCUT2D eigenvalue weighted by molar-refractivity contribution is 6.05. The number of ether oxygens (including phenoxy) is 1. The van der Waals surface area contributed by atoms with Gasteiger partial charge in [0, 0.05) is 30.0 Å². The molecule has 4 aromatic rings. The maximum absolute atomic E-state index is 12.9. The zero-order valence-electron chi connectivity index (χ0n) is 22.0. The van der Waals surface area contributed by atoms with Gasteiger partial charge in [0.15, 0.2) is 0 Å². The number of aryl methyl sites for hydroxylation is 2. The third kappa shape index (κ3) is 5.35. The Morgan fingerprint density at radius 1 is 0.944 bits per heavy atom. The molecule has 0 fully saturated rings. The fourth-order valence-electron chi connectivity index (χ4n) is 4.15. The minimum absolute atomic E-state index is 0.136. The normalized spacial score (nSPS) is 11.9. The van der Waals surface area contributed by atoms with Crippen molar-refractivity contribution in [3.8, 4) is 11.4 Å². The summed E-state index contributed by atoms with van der Waals surface area (Å²) >= 11 is 0. The molecule has 1 N–H and O–H groups in total. The second-order valence-electron chi connectivity index (χ2n) is 9.10. The first-order chi connectivity index (χ1) is 17.3. The van der Waals surface area contributed by atoms with Crippen LogP contribution in [0.1, 0.15) is 55.6 Å². The van der Waals surface area contributed by atoms with Crippen LogP contribution in [0.4, 0.5) is 11.4 Å². The summed E-state index contributed by atoms with van der Waals surface area (Å²) in [4.78, 5) is 16.9. The monoisotopic (exact) mass is 485 g/mol. The molecular formula is C29H35N5O2. The molecule has 4 rings (SSSR count). The summed E-state index contributed by atoms with van der Waals surface area (Å²) in [6.45, 7) is 14.4. The van der Waals surface area contributed by atoms with E-state index in [1.54, 1.807) is 16.9 Å². The predicted molar refractivity (Wildman–Crippen MR) is 147 cm³/mol. The highest BCUT2D eigenvalue weighted by Gasteiger charge is 2.14. The lowest BCUT2D eigenvalue weighted by Gasteiger charge is -2.22. The maximum atomic E-state index is 12.9. The van der Waals surface area contributed by atoms with E-state index in [1.807, 2.05) is 38.1 Å². The van der Waals surface area contributed by atoms with Crippen LogP contribution in [-0.4, -0.2) is 40.1 Å². The smallest absolute Gasteiger partial charge is 0.255 e. The van der Waals surface area contributed by atoms with Crippen LogP contribution in [0, 0.1) is 13.8 Å². The minimum Gasteiger partial charge on any atom is -0.491 e. The van der Waals surface area contributed by atoms with Gasteiger partial charge in [-0.2, -0.15) is 4.80 Å². The number of aromatic nitrogens is 3. The van der Waals surface area contributed by atoms with Crippen LogP contribution < -0.4 is 15.0 Å². The Balaban J connectivity index is 1.55. The molecule has 0 saturated carbocycles. The third-order valence-electron chi connectivity index (χ3n) is 6.53. The number of fused-ring (bicyclic) bond motifs is 1. The molecule has 0 aliphatic carbocycles. The lowest BCUT2D eigenvalue weighted by molar-refractivity contribution is 0.102. The second-order valence-corrected chi connectivity index (χ2v) is 9.10. The maximum Gasteiger partial charge on any atom is 0.255 e. The van der Waals surface area contributed by atoms with Crippen molar-refractivity contribution in [1.29, 1.82) is 0 Å². The van der Waals surface area contributed by atoms with E-state index in [0.717, 1.165) is 53.1 Å². The van der Waals surface area contributed by atoms with Crippen molar-refractivity contribution in [1.82, 2.24) is 15.0 Å². The van der Waals surface area contributed by atoms with Gasteiger partial charge in [-0.25, -0.2) is 0 Å². The summed E-state index contributed by atoms with van der Waals surface area (Å²) in [6, 6.07) is 17.4. The number of rotatable bonds is 9. The van der Waals surface area contributed by atoms with Gasteiger partial charge in [0.05, 0.1) is 11.8 Å². The fourth-order valence-corrected chi connectivity index (χ4v) is 4.15. The molecule has 188 valence electrons. The molecule has 0 aliphatic rings. The van der Waals surface area contributed by atoms with Crippen molar-refractivity contribution in [3.05, 3.63) is 71.3 Å². The van der Waals surface area contributed by atoms with E-state index in [0.29, 0.717) is 11.3 Å². The van der Waals surface area contributed by atoms with Crippen molar-refractivity contribution < 1.29 is 9.53 Å². The number of anilines is 2. The second kappa shape index (κ2) is 10.8. The summed E-state index contributed by atoms with van der Waals surface area (Å²) in [7, 11) is 0. The van der Waals surface area contributed by atoms with Crippen molar-refractivity contribution in [2.75, 3.05) is 23.3 Å². The van der Waals surface area contributed by atoms with Crippen molar-refractivity contribution >= 4 is 28.3 Å². The van der Waals surface area contributed by atoms with Gasteiger partial charge in [0.2, 0.25) is 0 Å². The van der Waals surface area contributed by atoms with Crippen LogP contribution in [0.15, 0.2) is 54.6 Å². The predicted octanol–water partition coefficient (Wildman–Crippen LogP) is 6.31. The highest BCUT2D eigenvalue weighted by atomic mass is 16.5. The standard InChI is InChI=1S/C29H35N5O2/c1-7-21(6)36-24-13-10-22(11-14-24)29(35)30-25-18-27-26(17-19(25)4)31-34(32-27)28-15-12-23(16-20(28)5)33(8-2)9-3/h10-18,21H,7-9H2,1-6H3,(H,30,35). The first kappa shape index (κ1) is 25.2. The molecule has 1 atom stereocenters. The number of hydrogen-bond acceptors (Lipinski definition) is 5. The zero-order valence-corrected chi connectivity index (χ0v) is 22.0. The molecule has 1 amide bonds. The molecule has 1 aromatic heterocycles. The van der Waals surface area contributed by atoms with Crippen LogP contribution in [0.5, 0.6) is 5.75 Å². The molecule has 0 bridgehead atoms. The Morgan fingerprint density at radius 2 is 1.61 bits per heavy atom. The van der Waals surface area contributed by atoms with E-state index in [-0.39, 0.29) is 12.0 Å². The molecule has 1 unspecified atom stereocenters. The minimum atomic E-state index is -0.178. The van der Waals surface area contributed by atoms with Gasteiger partial charge in [-0.05, 0) is 107 Å². The van der Waals surface area contributed by atoms with Crippen LogP contribution in [-0.2, 0) is 0 Å². The molecule has 0 spiro atoms. The quantitative estimate of drug-likeness (QED) is 0.301. The van der Waals surface area contributed by atoms with Crippen molar-refractivity contribution in [3.63, 3.8) is 0 Å². The van der Waals surface area contributed by atoms with E-state index < -0.39 is 0 Å². The first-order valence-electron chi connectivity index (χ1n) is 12.6. The van der Waals surface area contributed by atoms with Gasteiger partial charge in [0.1, 0.15) is 16.8 Å².